The molecule has 2 nitrogen and oxygen atoms in total. The molecule has 0 aliphatic carbocycles. The van der Waals surface area contributed by atoms with E-state index in [2.05, 4.69) is 0 Å². The number of alkyl halides is 1. The van der Waals surface area contributed by atoms with Gasteiger partial charge in [-0.15, -0.1) is 0 Å². The normalized spacial score (nSPS) is 13.4. The highest BCUT2D eigenvalue weighted by Gasteiger charge is 2.13. The van der Waals surface area contributed by atoms with Gasteiger partial charge in [0.2, 0.25) is 0 Å². The van der Waals surface area contributed by atoms with E-state index < -0.39 is 12.8 Å². The van der Waals surface area contributed by atoms with Crippen molar-refractivity contribution >= 4 is 11.0 Å². The number of hydrogen-bond acceptors (Lipinski definition) is 2. The first-order chi connectivity index (χ1) is 6.33. The van der Waals surface area contributed by atoms with Crippen molar-refractivity contribution in [3.63, 3.8) is 0 Å². The van der Waals surface area contributed by atoms with Gasteiger partial charge in [-0.25, -0.2) is 4.39 Å². The molecule has 3 heteroatoms. The maximum Gasteiger partial charge on any atom is 0.152 e. The summed E-state index contributed by atoms with van der Waals surface area (Å²) in [5, 5.41) is 9.52. The van der Waals surface area contributed by atoms with Gasteiger partial charge in [0.1, 0.15) is 5.58 Å². The number of aliphatic hydroxyl groups is 1. The molecule has 1 N–H and O–H groups in total. The molecule has 0 aliphatic heterocycles. The average molecular weight is 180 g/mol. The second-order valence-corrected chi connectivity index (χ2v) is 2.84. The number of halogens is 1. The summed E-state index contributed by atoms with van der Waals surface area (Å²) in [6.45, 7) is -0.514. The van der Waals surface area contributed by atoms with Gasteiger partial charge in [0, 0.05) is 10.9 Å². The predicted molar refractivity (Wildman–Crippen MR) is 47.1 cm³/mol. The van der Waals surface area contributed by atoms with Crippen molar-refractivity contribution in [1.82, 2.24) is 0 Å². The van der Waals surface area contributed by atoms with Crippen molar-refractivity contribution in [2.24, 2.45) is 0 Å². The number of furan rings is 1. The summed E-state index contributed by atoms with van der Waals surface area (Å²) in [7, 11) is 0. The van der Waals surface area contributed by atoms with Gasteiger partial charge in [-0.1, -0.05) is 18.2 Å². The molecular weight excluding hydrogens is 171 g/mol. The Kier molecular flexibility index (Phi) is 2.02. The quantitative estimate of drug-likeness (QED) is 0.769. The SMILES string of the molecule is OCC(F)c1cccc2ccoc12. The fourth-order valence-electron chi connectivity index (χ4n) is 1.36. The van der Waals surface area contributed by atoms with Gasteiger partial charge >= 0.3 is 0 Å². The Balaban J connectivity index is 2.60. The molecule has 0 bridgehead atoms. The molecule has 1 aromatic heterocycles. The third kappa shape index (κ3) is 1.31. The molecule has 1 aromatic carbocycles. The fourth-order valence-corrected chi connectivity index (χ4v) is 1.36. The van der Waals surface area contributed by atoms with E-state index in [4.69, 9.17) is 9.52 Å². The average Bonchev–Trinajstić information content (AvgIpc) is 2.63. The third-order valence-corrected chi connectivity index (χ3v) is 2.01. The van der Waals surface area contributed by atoms with Crippen LogP contribution in [0.2, 0.25) is 0 Å². The van der Waals surface area contributed by atoms with E-state index in [1.165, 1.54) is 6.26 Å². The molecular formula is C10H9FO2. The van der Waals surface area contributed by atoms with Crippen molar-refractivity contribution in [2.45, 2.75) is 6.17 Å². The van der Waals surface area contributed by atoms with Crippen LogP contribution in [0.5, 0.6) is 0 Å². The van der Waals surface area contributed by atoms with Crippen LogP contribution in [-0.2, 0) is 0 Å². The number of benzene rings is 1. The fraction of sp³-hybridized carbons (Fsp3) is 0.200. The van der Waals surface area contributed by atoms with Crippen molar-refractivity contribution in [3.05, 3.63) is 36.1 Å². The van der Waals surface area contributed by atoms with E-state index in [9.17, 15) is 4.39 Å². The number of para-hydroxylation sites is 1. The minimum absolute atomic E-state index is 0.407. The van der Waals surface area contributed by atoms with Crippen LogP contribution in [0, 0.1) is 0 Å². The molecule has 1 heterocycles. The Labute approximate surface area is 74.6 Å². The van der Waals surface area contributed by atoms with Gasteiger partial charge in [0.25, 0.3) is 0 Å². The lowest BCUT2D eigenvalue weighted by Crippen LogP contribution is -1.96. The summed E-state index contributed by atoms with van der Waals surface area (Å²) in [5.41, 5.74) is 0.925. The molecule has 13 heavy (non-hydrogen) atoms. The van der Waals surface area contributed by atoms with Crippen LogP contribution >= 0.6 is 0 Å². The molecule has 2 rings (SSSR count). The van der Waals surface area contributed by atoms with Gasteiger partial charge in [-0.3, -0.25) is 0 Å². The Bertz CT molecular complexity index is 408. The third-order valence-electron chi connectivity index (χ3n) is 2.01. The van der Waals surface area contributed by atoms with Crippen molar-refractivity contribution in [3.8, 4) is 0 Å². The van der Waals surface area contributed by atoms with Crippen LogP contribution in [0.15, 0.2) is 34.9 Å². The minimum Gasteiger partial charge on any atom is -0.464 e. The maximum absolute atomic E-state index is 13.2. The highest BCUT2D eigenvalue weighted by Crippen LogP contribution is 2.26. The lowest BCUT2D eigenvalue weighted by Gasteiger charge is -2.04. The smallest absolute Gasteiger partial charge is 0.152 e. The van der Waals surface area contributed by atoms with E-state index in [0.29, 0.717) is 11.1 Å². The summed E-state index contributed by atoms with van der Waals surface area (Å²) >= 11 is 0. The highest BCUT2D eigenvalue weighted by molar-refractivity contribution is 5.80. The molecule has 1 atom stereocenters. The second kappa shape index (κ2) is 3.18. The number of hydrogen-bond donors (Lipinski definition) is 1. The molecule has 0 saturated heterocycles. The first-order valence-corrected chi connectivity index (χ1v) is 4.04. The molecule has 0 saturated carbocycles. The van der Waals surface area contributed by atoms with Crippen LogP contribution < -0.4 is 0 Å². The van der Waals surface area contributed by atoms with Crippen molar-refractivity contribution < 1.29 is 13.9 Å². The molecule has 0 fully saturated rings. The first kappa shape index (κ1) is 8.26. The number of rotatable bonds is 2. The van der Waals surface area contributed by atoms with Crippen LogP contribution in [0.3, 0.4) is 0 Å². The molecule has 0 spiro atoms. The van der Waals surface area contributed by atoms with Crippen LogP contribution in [0.25, 0.3) is 11.0 Å². The van der Waals surface area contributed by atoms with Crippen molar-refractivity contribution in [1.29, 1.82) is 0 Å². The van der Waals surface area contributed by atoms with E-state index in [-0.39, 0.29) is 0 Å². The Morgan fingerprint density at radius 3 is 3.00 bits per heavy atom. The highest BCUT2D eigenvalue weighted by atomic mass is 19.1. The first-order valence-electron chi connectivity index (χ1n) is 4.04. The van der Waals surface area contributed by atoms with Crippen LogP contribution in [0.1, 0.15) is 11.7 Å². The lowest BCUT2D eigenvalue weighted by atomic mass is 10.1. The summed E-state index contributed by atoms with van der Waals surface area (Å²) in [6, 6.07) is 6.97. The maximum atomic E-state index is 13.2. The molecule has 0 amide bonds. The molecule has 1 unspecified atom stereocenters. The zero-order valence-electron chi connectivity index (χ0n) is 6.90. The summed E-state index contributed by atoms with van der Waals surface area (Å²) in [5.74, 6) is 0. The summed E-state index contributed by atoms with van der Waals surface area (Å²) < 4.78 is 18.3. The standard InChI is InChI=1S/C10H9FO2/c11-9(6-12)8-3-1-2-7-4-5-13-10(7)8/h1-5,9,12H,6H2. The lowest BCUT2D eigenvalue weighted by molar-refractivity contribution is 0.180. The van der Waals surface area contributed by atoms with Gasteiger partial charge in [0.15, 0.2) is 6.17 Å². The topological polar surface area (TPSA) is 33.4 Å². The second-order valence-electron chi connectivity index (χ2n) is 2.84. The summed E-state index contributed by atoms with van der Waals surface area (Å²) in [4.78, 5) is 0. The zero-order chi connectivity index (χ0) is 9.26. The van der Waals surface area contributed by atoms with Gasteiger partial charge in [-0.2, -0.15) is 0 Å². The van der Waals surface area contributed by atoms with Crippen molar-refractivity contribution in [2.75, 3.05) is 6.61 Å². The van der Waals surface area contributed by atoms with Gasteiger partial charge in [-0.05, 0) is 6.07 Å². The van der Waals surface area contributed by atoms with E-state index >= 15 is 0 Å². The summed E-state index contributed by atoms with van der Waals surface area (Å²) in [6.07, 6.45) is 0.146. The van der Waals surface area contributed by atoms with E-state index in [0.717, 1.165) is 5.39 Å². The van der Waals surface area contributed by atoms with E-state index in [1.54, 1.807) is 18.2 Å². The molecule has 2 aromatic rings. The van der Waals surface area contributed by atoms with Crippen LogP contribution in [-0.4, -0.2) is 11.7 Å². The largest absolute Gasteiger partial charge is 0.464 e. The molecule has 0 radical (unpaired) electrons. The minimum atomic E-state index is -1.37. The predicted octanol–water partition coefficient (Wildman–Crippen LogP) is 2.44. The van der Waals surface area contributed by atoms with E-state index in [1.807, 2.05) is 6.07 Å². The zero-order valence-corrected chi connectivity index (χ0v) is 6.90. The number of aliphatic hydroxyl groups excluding tert-OH is 1. The Morgan fingerprint density at radius 2 is 2.23 bits per heavy atom. The monoisotopic (exact) mass is 180 g/mol. The van der Waals surface area contributed by atoms with Gasteiger partial charge in [0.05, 0.1) is 12.9 Å². The molecule has 68 valence electrons. The Morgan fingerprint density at radius 1 is 1.38 bits per heavy atom. The van der Waals surface area contributed by atoms with Crippen LogP contribution in [0.4, 0.5) is 4.39 Å². The number of fused-ring (bicyclic) bond motifs is 1. The molecule has 0 aliphatic rings. The Hall–Kier alpha value is -1.35. The van der Waals surface area contributed by atoms with Gasteiger partial charge < -0.3 is 9.52 Å².